The number of nitrogens with zero attached hydrogens (tertiary/aromatic N) is 2. The molecule has 7 rings (SSSR count). The van der Waals surface area contributed by atoms with Crippen molar-refractivity contribution in [2.45, 2.75) is 131 Å². The number of piperidine rings is 1. The number of likely N-dealkylation sites (tertiary alicyclic amines) is 1. The minimum atomic E-state index is -2.07. The summed E-state index contributed by atoms with van der Waals surface area (Å²) in [6.45, 7) is 18.8. The van der Waals surface area contributed by atoms with Crippen molar-refractivity contribution in [1.82, 2.24) is 9.88 Å². The number of ether oxygens (including phenoxy) is 6. The molecule has 71 heavy (non-hydrogen) atoms. The summed E-state index contributed by atoms with van der Waals surface area (Å²) in [5.74, 6) is -7.09. The van der Waals surface area contributed by atoms with Crippen molar-refractivity contribution in [1.29, 1.82) is 0 Å². The van der Waals surface area contributed by atoms with E-state index in [0.29, 0.717) is 31.7 Å². The van der Waals surface area contributed by atoms with Gasteiger partial charge >= 0.3 is 17.8 Å². The number of esters is 1. The molecule has 0 aromatic heterocycles. The van der Waals surface area contributed by atoms with E-state index in [1.165, 1.54) is 53.2 Å². The number of carbonyl (C=O) groups excluding carboxylic acids is 4. The predicted molar refractivity (Wildman–Crippen MR) is 262 cm³/mol. The Morgan fingerprint density at radius 1 is 0.958 bits per heavy atom. The highest BCUT2D eigenvalue weighted by Crippen LogP contribution is 2.50. The number of aliphatic hydroxyl groups is 2. The van der Waals surface area contributed by atoms with Gasteiger partial charge < -0.3 is 58.4 Å². The fraction of sp³-hybridized carbons (Fsp3) is 0.509. The molecule has 0 saturated carbocycles. The van der Waals surface area contributed by atoms with E-state index in [2.05, 4.69) is 5.32 Å². The molecule has 9 atom stereocenters. The number of rotatable bonds is 4. The molecule has 2 aromatic carbocycles. The number of aliphatic hydroxyl groups excluding tert-OH is 2. The molecule has 4 N–H and O–H groups in total. The normalized spacial score (nSPS) is 28.8. The fourth-order valence-electron chi connectivity index (χ4n) is 9.53. The number of Topliss-reactive ketones (excluding diaryl/α,β-unsaturated/α-hetero) is 1. The van der Waals surface area contributed by atoms with Crippen molar-refractivity contribution in [3.05, 3.63) is 75.7 Å². The van der Waals surface area contributed by atoms with E-state index in [9.17, 15) is 39.3 Å². The molecule has 4 aliphatic heterocycles. The highest BCUT2D eigenvalue weighted by molar-refractivity contribution is 6.22. The molecule has 0 spiro atoms. The number of ketones is 1. The second-order valence-electron chi connectivity index (χ2n) is 20.1. The third-order valence-electron chi connectivity index (χ3n) is 13.7. The number of carbonyl (C=O) groups is 4. The third-order valence-corrected chi connectivity index (χ3v) is 13.7. The van der Waals surface area contributed by atoms with Crippen LogP contribution in [0.25, 0.3) is 33.3 Å². The van der Waals surface area contributed by atoms with E-state index in [0.717, 1.165) is 0 Å². The van der Waals surface area contributed by atoms with Crippen LogP contribution in [0.15, 0.2) is 63.6 Å². The summed E-state index contributed by atoms with van der Waals surface area (Å²) in [6, 6.07) is 4.93. The molecule has 4 bridgehead atoms. The van der Waals surface area contributed by atoms with Crippen LogP contribution in [-0.2, 0) is 28.5 Å². The standard InChI is InChI=1S/C53H65N3O15/c1-25-14-13-15-26(2)50(63)55-41-45(61)38-37(40-48(41)69-36-24-33(16-17-34(36)54-40)68-32-18-21-56(22-19-32)51(64)71-52(8,9)10)39-47(30(6)44(38)60)70-53(11,49(39)62)66-23-20-35(65-12)27(3)46(67-31(7)57)29(5)43(59)28(4)42(25)58/h13-17,20,23-25,27-29,32,35,42-43,46,58-60H,18-19,21-22H2,1-12H3,(H,55,63)/b14-13+,23-20+,26-15-/t25-,27+,28+,29+,35-,42-,43+,46+,53-/m0/s1. The van der Waals surface area contributed by atoms with Crippen LogP contribution >= 0.6 is 0 Å². The molecule has 1 aliphatic carbocycles. The van der Waals surface area contributed by atoms with Gasteiger partial charge in [0.2, 0.25) is 5.43 Å². The first-order valence-corrected chi connectivity index (χ1v) is 23.9. The van der Waals surface area contributed by atoms with Gasteiger partial charge in [-0.2, -0.15) is 0 Å². The maximum absolute atomic E-state index is 14.9. The van der Waals surface area contributed by atoms with E-state index in [-0.39, 0.29) is 67.6 Å². The zero-order chi connectivity index (χ0) is 52.0. The zero-order valence-electron chi connectivity index (χ0n) is 42.3. The average Bonchev–Trinajstić information content (AvgIpc) is 3.58. The second-order valence-corrected chi connectivity index (χ2v) is 20.1. The number of nitrogens with one attached hydrogen (secondary N) is 1. The van der Waals surface area contributed by atoms with Crippen molar-refractivity contribution in [3.8, 4) is 28.7 Å². The average molecular weight is 984 g/mol. The number of benzene rings is 3. The van der Waals surface area contributed by atoms with Crippen LogP contribution in [0.2, 0.25) is 0 Å². The Bertz CT molecular complexity index is 2850. The molecular formula is C53H65N3O15. The van der Waals surface area contributed by atoms with Gasteiger partial charge in [0, 0.05) is 93.1 Å². The highest BCUT2D eigenvalue weighted by atomic mass is 16.7. The summed E-state index contributed by atoms with van der Waals surface area (Å²) in [5, 5.41) is 37.2. The molecule has 0 unspecified atom stereocenters. The van der Waals surface area contributed by atoms with Crippen molar-refractivity contribution >= 4 is 51.3 Å². The number of aromatic hydroxyl groups is 1. The fourth-order valence-corrected chi connectivity index (χ4v) is 9.53. The number of amides is 2. The van der Waals surface area contributed by atoms with E-state index in [4.69, 9.17) is 37.8 Å². The lowest BCUT2D eigenvalue weighted by atomic mass is 9.78. The van der Waals surface area contributed by atoms with Crippen molar-refractivity contribution < 1.29 is 67.3 Å². The molecule has 1 saturated heterocycles. The summed E-state index contributed by atoms with van der Waals surface area (Å²) in [4.78, 5) is 75.4. The number of hydrogen-bond donors (Lipinski definition) is 4. The first-order valence-electron chi connectivity index (χ1n) is 23.9. The maximum Gasteiger partial charge on any atom is 0.410 e. The Kier molecular flexibility index (Phi) is 15.0. The van der Waals surface area contributed by atoms with Crippen LogP contribution in [-0.4, -0.2) is 111 Å². The summed E-state index contributed by atoms with van der Waals surface area (Å²) < 4.78 is 42.3. The van der Waals surface area contributed by atoms with Gasteiger partial charge in [-0.25, -0.2) is 9.78 Å². The number of aromatic nitrogens is 1. The zero-order valence-corrected chi connectivity index (χ0v) is 42.3. The summed E-state index contributed by atoms with van der Waals surface area (Å²) in [6.07, 6.45) is 3.87. The van der Waals surface area contributed by atoms with Gasteiger partial charge in [-0.3, -0.25) is 19.2 Å². The topological polar surface area (TPSA) is 243 Å². The number of phenols is 1. The van der Waals surface area contributed by atoms with Crippen LogP contribution in [0.3, 0.4) is 0 Å². The number of phenolic OH excluding ortho intramolecular Hbond substituents is 1. The van der Waals surface area contributed by atoms with E-state index in [1.54, 1.807) is 62.9 Å². The monoisotopic (exact) mass is 983 g/mol. The van der Waals surface area contributed by atoms with E-state index >= 15 is 0 Å². The first kappa shape index (κ1) is 52.3. The minimum Gasteiger partial charge on any atom is -0.507 e. The predicted octanol–water partition coefficient (Wildman–Crippen LogP) is 7.73. The Morgan fingerprint density at radius 3 is 2.30 bits per heavy atom. The van der Waals surface area contributed by atoms with Gasteiger partial charge in [0.1, 0.15) is 52.0 Å². The first-order chi connectivity index (χ1) is 33.3. The second kappa shape index (κ2) is 20.3. The molecule has 1 fully saturated rings. The molecule has 2 amide bonds. The lowest BCUT2D eigenvalue weighted by Crippen LogP contribution is -2.46. The number of allylic oxidation sites excluding steroid dienone is 2. The molecule has 5 aliphatic rings. The molecular weight excluding hydrogens is 919 g/mol. The van der Waals surface area contributed by atoms with Gasteiger partial charge in [0.25, 0.3) is 11.7 Å². The Labute approximate surface area is 411 Å². The SMILES string of the molecule is CO[C@H]1/C=C/O[C@@]2(C)Oc3c(C)c(O)c4c(=O)c(c5oc6cc(OC7CCN(C(=O)OC(C)(C)C)CC7)ccc6nc-5c4c3C2=O)NC(=O)/C(C)=C\C=C\[C@H](C)[C@H](O)[C@@H](C)[C@@H](O)[C@@H](C)[C@H](OC(C)=O)[C@@H]1C. The van der Waals surface area contributed by atoms with Gasteiger partial charge in [-0.15, -0.1) is 0 Å². The van der Waals surface area contributed by atoms with Gasteiger partial charge in [0.15, 0.2) is 11.3 Å². The molecule has 2 aromatic rings. The lowest BCUT2D eigenvalue weighted by Gasteiger charge is -2.38. The Morgan fingerprint density at radius 2 is 1.65 bits per heavy atom. The minimum absolute atomic E-state index is 0.0414. The van der Waals surface area contributed by atoms with Gasteiger partial charge in [0.05, 0.1) is 35.5 Å². The van der Waals surface area contributed by atoms with Crippen LogP contribution in [0.1, 0.15) is 98.0 Å². The number of fused-ring (bicyclic) bond motifs is 2. The van der Waals surface area contributed by atoms with E-state index < -0.39 is 94.4 Å². The van der Waals surface area contributed by atoms with Gasteiger partial charge in [-0.1, -0.05) is 45.9 Å². The molecule has 0 radical (unpaired) electrons. The largest absolute Gasteiger partial charge is 0.507 e. The molecule has 382 valence electrons. The van der Waals surface area contributed by atoms with Crippen molar-refractivity contribution in [2.75, 3.05) is 25.5 Å². The molecule has 4 heterocycles. The van der Waals surface area contributed by atoms with E-state index in [1.807, 2.05) is 20.8 Å². The lowest BCUT2D eigenvalue weighted by molar-refractivity contribution is -0.160. The van der Waals surface area contributed by atoms with Crippen molar-refractivity contribution in [3.63, 3.8) is 0 Å². The van der Waals surface area contributed by atoms with Crippen molar-refractivity contribution in [2.24, 2.45) is 23.7 Å². The van der Waals surface area contributed by atoms with Gasteiger partial charge in [-0.05, 0) is 52.8 Å². The molecule has 18 heteroatoms. The summed E-state index contributed by atoms with van der Waals surface area (Å²) in [5.41, 5.74) is -1.44. The Balaban J connectivity index is 1.35. The smallest absolute Gasteiger partial charge is 0.410 e. The number of hydrogen-bond acceptors (Lipinski definition) is 16. The Hall–Kier alpha value is -6.50. The maximum atomic E-state index is 14.9. The van der Waals surface area contributed by atoms with Crippen LogP contribution in [0.5, 0.6) is 17.2 Å². The van der Waals surface area contributed by atoms with Crippen LogP contribution in [0.4, 0.5) is 10.5 Å². The number of methoxy groups -OCH3 is 1. The molecule has 18 nitrogen and oxygen atoms in total. The summed E-state index contributed by atoms with van der Waals surface area (Å²) in [7, 11) is 1.44. The van der Waals surface area contributed by atoms with Crippen LogP contribution < -0.4 is 20.2 Å². The number of anilines is 1. The quantitative estimate of drug-likeness (QED) is 0.0869. The summed E-state index contributed by atoms with van der Waals surface area (Å²) >= 11 is 0. The third kappa shape index (κ3) is 10.5. The van der Waals surface area contributed by atoms with Crippen LogP contribution in [0, 0.1) is 30.6 Å². The highest BCUT2D eigenvalue weighted by Gasteiger charge is 2.50.